The van der Waals surface area contributed by atoms with Gasteiger partial charge in [-0.15, -0.1) is 0 Å². The van der Waals surface area contributed by atoms with Crippen LogP contribution in [0.4, 0.5) is 5.69 Å². The first kappa shape index (κ1) is 27.8. The Hall–Kier alpha value is -4.99. The molecule has 1 fully saturated rings. The van der Waals surface area contributed by atoms with E-state index in [0.29, 0.717) is 36.4 Å². The first-order valence-electron chi connectivity index (χ1n) is 14.8. The van der Waals surface area contributed by atoms with Crippen molar-refractivity contribution in [2.75, 3.05) is 13.1 Å². The van der Waals surface area contributed by atoms with E-state index in [0.717, 1.165) is 50.9 Å². The number of rotatable bonds is 5. The second-order valence-electron chi connectivity index (χ2n) is 12.1. The smallest absolute Gasteiger partial charge is 0.339 e. The van der Waals surface area contributed by atoms with Crippen LogP contribution < -0.4 is 11.2 Å². The maximum absolute atomic E-state index is 13.5. The monoisotopic (exact) mass is 593 g/mol. The first-order chi connectivity index (χ1) is 21.1. The number of hydrogen-bond donors (Lipinski definition) is 0. The van der Waals surface area contributed by atoms with Gasteiger partial charge in [0.05, 0.1) is 4.92 Å². The van der Waals surface area contributed by atoms with Crippen LogP contribution >= 0.6 is 0 Å². The van der Waals surface area contributed by atoms with Gasteiger partial charge in [-0.3, -0.25) is 19.7 Å². The Morgan fingerprint density at radius 1 is 0.955 bits per heavy atom. The zero-order chi connectivity index (χ0) is 30.9. The van der Waals surface area contributed by atoms with Crippen LogP contribution in [0, 0.1) is 36.8 Å². The Morgan fingerprint density at radius 2 is 1.70 bits per heavy atom. The molecule has 44 heavy (non-hydrogen) atoms. The van der Waals surface area contributed by atoms with E-state index >= 15 is 0 Å². The molecule has 2 aliphatic rings. The molecule has 1 saturated heterocycles. The van der Waals surface area contributed by atoms with E-state index < -0.39 is 21.8 Å². The Kier molecular flexibility index (Phi) is 6.53. The lowest BCUT2D eigenvalue weighted by Gasteiger charge is -2.42. The third-order valence-electron chi connectivity index (χ3n) is 9.42. The summed E-state index contributed by atoms with van der Waals surface area (Å²) in [4.78, 5) is 51.8. The number of hydrogen-bond acceptors (Lipinski definition) is 7. The van der Waals surface area contributed by atoms with Crippen molar-refractivity contribution in [3.63, 3.8) is 0 Å². The number of carbonyl (C=O) groups is 1. The molecular formula is C34H31N3O7. The highest BCUT2D eigenvalue weighted by Gasteiger charge is 2.37. The van der Waals surface area contributed by atoms with Gasteiger partial charge in [0.25, 0.3) is 0 Å². The largest absolute Gasteiger partial charge is 0.460 e. The van der Waals surface area contributed by atoms with Crippen molar-refractivity contribution in [1.29, 1.82) is 0 Å². The second-order valence-corrected chi connectivity index (χ2v) is 12.1. The summed E-state index contributed by atoms with van der Waals surface area (Å²) in [6.45, 7) is 6.97. The normalized spacial score (nSPS) is 17.7. The summed E-state index contributed by atoms with van der Waals surface area (Å²) in [5.41, 5.74) is 4.50. The summed E-state index contributed by atoms with van der Waals surface area (Å²) in [5.74, 6) is 0.669. The van der Waals surface area contributed by atoms with E-state index in [1.165, 1.54) is 10.6 Å². The Labute approximate surface area is 251 Å². The number of aryl methyl sites for hydroxylation is 3. The molecule has 1 amide bonds. The number of nitro groups is 1. The number of pyridine rings is 1. The Balaban J connectivity index is 1.17. The third-order valence-corrected chi connectivity index (χ3v) is 9.42. The zero-order valence-electron chi connectivity index (χ0n) is 24.7. The Morgan fingerprint density at radius 3 is 2.45 bits per heavy atom. The molecule has 10 nitrogen and oxygen atoms in total. The minimum absolute atomic E-state index is 0.0278. The van der Waals surface area contributed by atoms with Crippen LogP contribution in [-0.2, 0) is 17.8 Å². The number of benzene rings is 2. The topological polar surface area (TPSA) is 129 Å². The molecule has 3 aromatic heterocycles. The molecule has 2 atom stereocenters. The van der Waals surface area contributed by atoms with E-state index in [2.05, 4.69) is 0 Å². The van der Waals surface area contributed by atoms with Crippen LogP contribution in [0.2, 0.25) is 0 Å². The van der Waals surface area contributed by atoms with Gasteiger partial charge in [0.15, 0.2) is 0 Å². The van der Waals surface area contributed by atoms with E-state index in [1.54, 1.807) is 11.0 Å². The van der Waals surface area contributed by atoms with Crippen LogP contribution in [0.5, 0.6) is 0 Å². The zero-order valence-corrected chi connectivity index (χ0v) is 24.7. The fraction of sp³-hybridized carbons (Fsp3) is 0.324. The number of aromatic nitrogens is 1. The van der Waals surface area contributed by atoms with Gasteiger partial charge < -0.3 is 18.3 Å². The van der Waals surface area contributed by atoms with Gasteiger partial charge in [-0.25, -0.2) is 4.79 Å². The van der Waals surface area contributed by atoms with E-state index in [-0.39, 0.29) is 30.6 Å². The number of nitrogens with zero attached hydrogens (tertiary/aromatic N) is 3. The van der Waals surface area contributed by atoms with Gasteiger partial charge in [0.1, 0.15) is 16.9 Å². The van der Waals surface area contributed by atoms with Crippen LogP contribution in [-0.4, -0.2) is 33.4 Å². The number of piperidine rings is 1. The molecular weight excluding hydrogens is 562 g/mol. The highest BCUT2D eigenvalue weighted by molar-refractivity contribution is 6.05. The molecule has 2 bridgehead atoms. The van der Waals surface area contributed by atoms with Crippen molar-refractivity contribution in [2.24, 2.45) is 5.92 Å². The summed E-state index contributed by atoms with van der Waals surface area (Å²) >= 11 is 0. The molecule has 5 heterocycles. The molecule has 0 N–H and O–H groups in total. The SMILES string of the molecule is Cc1oc2c(C)c3oc(=O)c(CCC(=O)N4C[C@@H]5C[C@H](C4)c4ccc([N+](=O)[O-])c(=O)n4C5)c(C)c3cc2c1-c1ccccc1. The molecule has 5 aromatic rings. The predicted molar refractivity (Wildman–Crippen MR) is 165 cm³/mol. The number of likely N-dealkylation sites (tertiary alicyclic amines) is 1. The fourth-order valence-corrected chi connectivity index (χ4v) is 7.29. The quantitative estimate of drug-likeness (QED) is 0.144. The van der Waals surface area contributed by atoms with E-state index in [9.17, 15) is 24.5 Å². The van der Waals surface area contributed by atoms with Gasteiger partial charge >= 0.3 is 16.9 Å². The predicted octanol–water partition coefficient (Wildman–Crippen LogP) is 5.78. The van der Waals surface area contributed by atoms with Crippen molar-refractivity contribution in [3.05, 3.63) is 108 Å². The molecule has 0 spiro atoms. The van der Waals surface area contributed by atoms with Crippen molar-refractivity contribution in [3.8, 4) is 11.1 Å². The minimum Gasteiger partial charge on any atom is -0.460 e. The Bertz CT molecular complexity index is 2120. The summed E-state index contributed by atoms with van der Waals surface area (Å²) in [7, 11) is 0. The number of furan rings is 1. The lowest BCUT2D eigenvalue weighted by atomic mass is 9.83. The van der Waals surface area contributed by atoms with Crippen LogP contribution in [0.25, 0.3) is 33.1 Å². The van der Waals surface area contributed by atoms with Gasteiger partial charge in [-0.2, -0.15) is 0 Å². The van der Waals surface area contributed by atoms with Gasteiger partial charge in [-0.05, 0) is 62.8 Å². The number of fused-ring (bicyclic) bond motifs is 6. The van der Waals surface area contributed by atoms with Gasteiger partial charge in [0, 0.05) is 71.2 Å². The average molecular weight is 594 g/mol. The van der Waals surface area contributed by atoms with Gasteiger partial charge in [-0.1, -0.05) is 30.3 Å². The molecule has 0 unspecified atom stereocenters. The van der Waals surface area contributed by atoms with Gasteiger partial charge in [0.2, 0.25) is 5.91 Å². The summed E-state index contributed by atoms with van der Waals surface area (Å²) in [6.07, 6.45) is 1.20. The standard InChI is InChI=1S/C34H31N3O7/c1-18-24(9-12-29(38)35-15-21-13-23(17-35)27-10-11-28(37(41)42)33(39)36(27)16-21)34(40)44-31-19(2)32-26(14-25(18)31)30(20(3)43-32)22-7-5-4-6-8-22/h4-8,10-11,14,21,23H,9,12-13,15-17H2,1-3H3/t21-,23+/m0/s1. The number of carbonyl (C=O) groups excluding carboxylic acids is 1. The maximum Gasteiger partial charge on any atom is 0.339 e. The summed E-state index contributed by atoms with van der Waals surface area (Å²) < 4.78 is 13.5. The maximum atomic E-state index is 13.5. The van der Waals surface area contributed by atoms with E-state index in [1.807, 2.05) is 57.2 Å². The van der Waals surface area contributed by atoms with Crippen molar-refractivity contribution < 1.29 is 18.6 Å². The highest BCUT2D eigenvalue weighted by Crippen LogP contribution is 2.40. The molecule has 224 valence electrons. The molecule has 2 aliphatic heterocycles. The molecule has 0 aliphatic carbocycles. The highest BCUT2D eigenvalue weighted by atomic mass is 16.6. The fourth-order valence-electron chi connectivity index (χ4n) is 7.29. The summed E-state index contributed by atoms with van der Waals surface area (Å²) in [6, 6.07) is 15.0. The molecule has 2 aromatic carbocycles. The average Bonchev–Trinajstić information content (AvgIpc) is 3.34. The van der Waals surface area contributed by atoms with Crippen LogP contribution in [0.3, 0.4) is 0 Å². The number of amides is 1. The van der Waals surface area contributed by atoms with Crippen molar-refractivity contribution in [1.82, 2.24) is 9.47 Å². The van der Waals surface area contributed by atoms with Crippen LogP contribution in [0.1, 0.15) is 46.9 Å². The summed E-state index contributed by atoms with van der Waals surface area (Å²) in [5, 5.41) is 13.0. The lowest BCUT2D eigenvalue weighted by Crippen LogP contribution is -2.49. The lowest BCUT2D eigenvalue weighted by molar-refractivity contribution is -0.386. The minimum atomic E-state index is -0.649. The first-order valence-corrected chi connectivity index (χ1v) is 14.8. The molecule has 0 saturated carbocycles. The van der Waals surface area contributed by atoms with E-state index in [4.69, 9.17) is 8.83 Å². The third kappa shape index (κ3) is 4.35. The molecule has 0 radical (unpaired) electrons. The second kappa shape index (κ2) is 10.3. The van der Waals surface area contributed by atoms with Crippen molar-refractivity contribution >= 4 is 33.5 Å². The van der Waals surface area contributed by atoms with Crippen molar-refractivity contribution in [2.45, 2.75) is 52.5 Å². The molecule has 7 rings (SSSR count). The molecule has 10 heteroatoms. The van der Waals surface area contributed by atoms with Crippen LogP contribution in [0.15, 0.2) is 67.0 Å².